The van der Waals surface area contributed by atoms with Crippen molar-refractivity contribution in [1.29, 1.82) is 0 Å². The second-order valence-electron chi connectivity index (χ2n) is 8.43. The van der Waals surface area contributed by atoms with E-state index in [1.54, 1.807) is 29.2 Å². The van der Waals surface area contributed by atoms with Crippen LogP contribution in [-0.2, 0) is 16.1 Å². The Hall–Kier alpha value is -3.10. The monoisotopic (exact) mass is 492 g/mol. The molecule has 1 fully saturated rings. The summed E-state index contributed by atoms with van der Waals surface area (Å²) in [5.41, 5.74) is 3.40. The molecule has 1 N–H and O–H groups in total. The van der Waals surface area contributed by atoms with Crippen molar-refractivity contribution < 1.29 is 14.3 Å². The molecule has 0 bridgehead atoms. The lowest BCUT2D eigenvalue weighted by Gasteiger charge is -2.18. The van der Waals surface area contributed by atoms with Crippen molar-refractivity contribution in [2.45, 2.75) is 44.5 Å². The number of ether oxygens (including phenoxy) is 1. The standard InChI is InChI=1S/C27H32N4O3S/c1-3-30(4-2)26(33)21-12-14-22(15-13-21)29-25(32)19-35-27-28-17-24(20-9-6-5-7-10-20)31(27)18-23-11-8-16-34-23/h5-7,9-10,12-15,17,23H,3-4,8,11,16,18-19H2,1-2H3,(H,29,32). The van der Waals surface area contributed by atoms with E-state index in [-0.39, 0.29) is 23.7 Å². The van der Waals surface area contributed by atoms with Crippen molar-refractivity contribution in [3.63, 3.8) is 0 Å². The highest BCUT2D eigenvalue weighted by Crippen LogP contribution is 2.28. The zero-order valence-electron chi connectivity index (χ0n) is 20.3. The van der Waals surface area contributed by atoms with E-state index in [2.05, 4.69) is 27.0 Å². The molecule has 0 spiro atoms. The second-order valence-corrected chi connectivity index (χ2v) is 9.37. The summed E-state index contributed by atoms with van der Waals surface area (Å²) >= 11 is 1.41. The lowest BCUT2D eigenvalue weighted by atomic mass is 10.1. The van der Waals surface area contributed by atoms with E-state index >= 15 is 0 Å². The van der Waals surface area contributed by atoms with Crippen LogP contribution in [0.2, 0.25) is 0 Å². The average Bonchev–Trinajstić information content (AvgIpc) is 3.55. The first-order valence-corrected chi connectivity index (χ1v) is 13.1. The summed E-state index contributed by atoms with van der Waals surface area (Å²) in [6.45, 7) is 6.77. The van der Waals surface area contributed by atoms with Gasteiger partial charge < -0.3 is 19.5 Å². The minimum atomic E-state index is -0.120. The smallest absolute Gasteiger partial charge is 0.253 e. The largest absolute Gasteiger partial charge is 0.376 e. The number of benzene rings is 2. The van der Waals surface area contributed by atoms with E-state index < -0.39 is 0 Å². The maximum Gasteiger partial charge on any atom is 0.253 e. The lowest BCUT2D eigenvalue weighted by molar-refractivity contribution is -0.113. The predicted octanol–water partition coefficient (Wildman–Crippen LogP) is 4.94. The Morgan fingerprint density at radius 3 is 2.51 bits per heavy atom. The van der Waals surface area contributed by atoms with Crippen LogP contribution >= 0.6 is 11.8 Å². The molecular formula is C27H32N4O3S. The maximum atomic E-state index is 12.7. The molecule has 1 aromatic heterocycles. The van der Waals surface area contributed by atoms with Crippen molar-refractivity contribution in [1.82, 2.24) is 14.5 Å². The first kappa shape index (κ1) is 25.0. The molecule has 3 aromatic rings. The van der Waals surface area contributed by atoms with Gasteiger partial charge in [0.15, 0.2) is 5.16 Å². The van der Waals surface area contributed by atoms with Crippen LogP contribution in [-0.4, -0.2) is 57.8 Å². The Morgan fingerprint density at radius 1 is 1.11 bits per heavy atom. The van der Waals surface area contributed by atoms with Gasteiger partial charge in [0.1, 0.15) is 0 Å². The second kappa shape index (κ2) is 12.0. The van der Waals surface area contributed by atoms with Gasteiger partial charge in [0.2, 0.25) is 5.91 Å². The molecule has 0 aliphatic carbocycles. The summed E-state index contributed by atoms with van der Waals surface area (Å²) in [5.74, 6) is 0.109. The molecule has 2 aromatic carbocycles. The van der Waals surface area contributed by atoms with Crippen molar-refractivity contribution in [2.75, 3.05) is 30.8 Å². The number of nitrogens with zero attached hydrogens (tertiary/aromatic N) is 3. The first-order chi connectivity index (χ1) is 17.1. The number of thioether (sulfide) groups is 1. The fourth-order valence-electron chi connectivity index (χ4n) is 4.20. The van der Waals surface area contributed by atoms with Gasteiger partial charge in [0.05, 0.1) is 30.3 Å². The van der Waals surface area contributed by atoms with Crippen LogP contribution < -0.4 is 5.32 Å². The van der Waals surface area contributed by atoms with Gasteiger partial charge in [-0.05, 0) is 56.5 Å². The summed E-state index contributed by atoms with van der Waals surface area (Å²) in [6, 6.07) is 17.2. The van der Waals surface area contributed by atoms with Crippen molar-refractivity contribution in [3.8, 4) is 11.3 Å². The van der Waals surface area contributed by atoms with Gasteiger partial charge in [-0.25, -0.2) is 4.98 Å². The number of anilines is 1. The highest BCUT2D eigenvalue weighted by Gasteiger charge is 2.21. The number of carbonyl (C=O) groups is 2. The van der Waals surface area contributed by atoms with E-state index in [9.17, 15) is 9.59 Å². The van der Waals surface area contributed by atoms with E-state index in [1.807, 2.05) is 38.2 Å². The van der Waals surface area contributed by atoms with Crippen LogP contribution in [0.4, 0.5) is 5.69 Å². The number of rotatable bonds is 10. The van der Waals surface area contributed by atoms with Gasteiger partial charge in [-0.15, -0.1) is 0 Å². The molecule has 4 rings (SSSR count). The molecule has 1 saturated heterocycles. The Morgan fingerprint density at radius 2 is 1.86 bits per heavy atom. The fourth-order valence-corrected chi connectivity index (χ4v) is 4.99. The number of amides is 2. The van der Waals surface area contributed by atoms with Crippen molar-refractivity contribution in [3.05, 3.63) is 66.4 Å². The molecule has 35 heavy (non-hydrogen) atoms. The maximum absolute atomic E-state index is 12.7. The number of carbonyl (C=O) groups excluding carboxylic acids is 2. The van der Waals surface area contributed by atoms with Crippen molar-refractivity contribution >= 4 is 29.3 Å². The van der Waals surface area contributed by atoms with E-state index in [0.717, 1.165) is 42.4 Å². The first-order valence-electron chi connectivity index (χ1n) is 12.1. The van der Waals surface area contributed by atoms with Gasteiger partial charge in [0.25, 0.3) is 5.91 Å². The summed E-state index contributed by atoms with van der Waals surface area (Å²) in [4.78, 5) is 31.5. The zero-order chi connectivity index (χ0) is 24.6. The molecule has 7 nitrogen and oxygen atoms in total. The van der Waals surface area contributed by atoms with E-state index in [0.29, 0.717) is 24.3 Å². The molecule has 1 atom stereocenters. The number of hydrogen-bond donors (Lipinski definition) is 1. The van der Waals surface area contributed by atoms with E-state index in [1.165, 1.54) is 11.8 Å². The van der Waals surface area contributed by atoms with Crippen LogP contribution in [0.3, 0.4) is 0 Å². The average molecular weight is 493 g/mol. The Labute approximate surface area is 210 Å². The molecule has 2 heterocycles. The van der Waals surface area contributed by atoms with Crippen LogP contribution in [0.25, 0.3) is 11.3 Å². The van der Waals surface area contributed by atoms with Crippen LogP contribution in [0, 0.1) is 0 Å². The summed E-state index contributed by atoms with van der Waals surface area (Å²) in [7, 11) is 0. The highest BCUT2D eigenvalue weighted by molar-refractivity contribution is 7.99. The van der Waals surface area contributed by atoms with Crippen LogP contribution in [0.5, 0.6) is 0 Å². The lowest BCUT2D eigenvalue weighted by Crippen LogP contribution is -2.30. The summed E-state index contributed by atoms with van der Waals surface area (Å²) < 4.78 is 8.03. The van der Waals surface area contributed by atoms with Gasteiger partial charge in [-0.3, -0.25) is 9.59 Å². The molecule has 184 valence electrons. The molecule has 8 heteroatoms. The van der Waals surface area contributed by atoms with Crippen LogP contribution in [0.1, 0.15) is 37.0 Å². The summed E-state index contributed by atoms with van der Waals surface area (Å²) in [5, 5.41) is 3.72. The minimum Gasteiger partial charge on any atom is -0.376 e. The zero-order valence-corrected chi connectivity index (χ0v) is 21.1. The Balaban J connectivity index is 1.40. The predicted molar refractivity (Wildman–Crippen MR) is 140 cm³/mol. The third-order valence-electron chi connectivity index (χ3n) is 6.10. The number of aromatic nitrogens is 2. The number of nitrogens with one attached hydrogen (secondary N) is 1. The molecule has 0 radical (unpaired) electrons. The highest BCUT2D eigenvalue weighted by atomic mass is 32.2. The summed E-state index contributed by atoms with van der Waals surface area (Å²) in [6.07, 6.45) is 4.14. The minimum absolute atomic E-state index is 0.00395. The fraction of sp³-hybridized carbons (Fsp3) is 0.370. The Bertz CT molecular complexity index is 1120. The number of hydrogen-bond acceptors (Lipinski definition) is 5. The van der Waals surface area contributed by atoms with E-state index in [4.69, 9.17) is 4.74 Å². The molecule has 1 aliphatic heterocycles. The Kier molecular flexibility index (Phi) is 8.60. The van der Waals surface area contributed by atoms with Crippen molar-refractivity contribution in [2.24, 2.45) is 0 Å². The van der Waals surface area contributed by atoms with Gasteiger partial charge in [-0.2, -0.15) is 0 Å². The normalized spacial score (nSPS) is 15.2. The quantitative estimate of drug-likeness (QED) is 0.406. The number of imidazole rings is 1. The molecule has 0 saturated carbocycles. The van der Waals surface area contributed by atoms with Gasteiger partial charge >= 0.3 is 0 Å². The molecule has 1 unspecified atom stereocenters. The third kappa shape index (κ3) is 6.32. The molecule has 2 amide bonds. The topological polar surface area (TPSA) is 76.5 Å². The third-order valence-corrected chi connectivity index (χ3v) is 7.09. The SMILES string of the molecule is CCN(CC)C(=O)c1ccc(NC(=O)CSc2ncc(-c3ccccc3)n2CC2CCCO2)cc1. The van der Waals surface area contributed by atoms with Crippen LogP contribution in [0.15, 0.2) is 66.0 Å². The molecule has 1 aliphatic rings. The van der Waals surface area contributed by atoms with Gasteiger partial charge in [-0.1, -0.05) is 42.1 Å². The van der Waals surface area contributed by atoms with Gasteiger partial charge in [0, 0.05) is 30.9 Å². The molecular weight excluding hydrogens is 460 g/mol.